The molecule has 3 heterocycles. The second-order valence-electron chi connectivity index (χ2n) is 7.90. The van der Waals surface area contributed by atoms with Gasteiger partial charge in [0.25, 0.3) is 0 Å². The zero-order valence-corrected chi connectivity index (χ0v) is 17.2. The van der Waals surface area contributed by atoms with Crippen LogP contribution < -0.4 is 5.32 Å². The zero-order valence-electron chi connectivity index (χ0n) is 16.4. The van der Waals surface area contributed by atoms with Crippen LogP contribution in [0.15, 0.2) is 35.5 Å². The van der Waals surface area contributed by atoms with E-state index < -0.39 is 10.0 Å². The van der Waals surface area contributed by atoms with Crippen molar-refractivity contribution in [3.63, 3.8) is 0 Å². The summed E-state index contributed by atoms with van der Waals surface area (Å²) in [4.78, 5) is 18.6. The number of aryl methyl sites for hydroxylation is 1. The molecule has 0 spiro atoms. The molecule has 0 bridgehead atoms. The van der Waals surface area contributed by atoms with Crippen LogP contribution in [0.5, 0.6) is 0 Å². The number of pyridine rings is 1. The highest BCUT2D eigenvalue weighted by Gasteiger charge is 2.34. The number of aliphatic hydroxyl groups excluding tert-OH is 1. The molecule has 2 aromatic rings. The Morgan fingerprint density at radius 3 is 2.83 bits per heavy atom. The van der Waals surface area contributed by atoms with Crippen molar-refractivity contribution in [1.82, 2.24) is 19.5 Å². The minimum Gasteiger partial charge on any atom is -0.392 e. The Morgan fingerprint density at radius 1 is 1.24 bits per heavy atom. The fourth-order valence-corrected chi connectivity index (χ4v) is 6.01. The monoisotopic (exact) mass is 418 g/mol. The van der Waals surface area contributed by atoms with E-state index in [1.165, 1.54) is 4.31 Å². The van der Waals surface area contributed by atoms with Crippen molar-refractivity contribution in [2.45, 2.75) is 36.8 Å². The first-order valence-electron chi connectivity index (χ1n) is 9.88. The van der Waals surface area contributed by atoms with E-state index in [9.17, 15) is 18.3 Å². The number of benzene rings is 1. The fraction of sp³-hybridized carbons (Fsp3) is 0.500. The molecule has 156 valence electrons. The van der Waals surface area contributed by atoms with E-state index in [0.29, 0.717) is 37.9 Å². The molecule has 4 rings (SSSR count). The maximum absolute atomic E-state index is 13.3. The SMILES string of the molecule is Cc1cncc2cccc(S(=O)(=O)N3CC[C@H](NC(=O)CN4CCC(O)C4)C3)c12. The number of likely N-dealkylation sites (tertiary alicyclic amines) is 1. The first-order chi connectivity index (χ1) is 13.8. The van der Waals surface area contributed by atoms with E-state index in [0.717, 1.165) is 10.9 Å². The van der Waals surface area contributed by atoms with Gasteiger partial charge in [0.1, 0.15) is 0 Å². The van der Waals surface area contributed by atoms with Gasteiger partial charge in [0.2, 0.25) is 15.9 Å². The Balaban J connectivity index is 1.45. The number of amides is 1. The second-order valence-corrected chi connectivity index (χ2v) is 9.81. The molecule has 0 radical (unpaired) electrons. The van der Waals surface area contributed by atoms with Crippen LogP contribution in [0.3, 0.4) is 0 Å². The Bertz CT molecular complexity index is 1020. The zero-order chi connectivity index (χ0) is 20.6. The highest BCUT2D eigenvalue weighted by atomic mass is 32.2. The van der Waals surface area contributed by atoms with E-state index in [2.05, 4.69) is 10.3 Å². The third-order valence-electron chi connectivity index (χ3n) is 5.68. The highest BCUT2D eigenvalue weighted by molar-refractivity contribution is 7.89. The van der Waals surface area contributed by atoms with Crippen molar-refractivity contribution in [2.24, 2.45) is 0 Å². The quantitative estimate of drug-likeness (QED) is 0.733. The predicted molar refractivity (Wildman–Crippen MR) is 109 cm³/mol. The molecule has 2 saturated heterocycles. The number of nitrogens with one attached hydrogen (secondary N) is 1. The lowest BCUT2D eigenvalue weighted by Crippen LogP contribution is -2.43. The molecule has 8 nitrogen and oxygen atoms in total. The number of hydrogen-bond donors (Lipinski definition) is 2. The third kappa shape index (κ3) is 4.13. The van der Waals surface area contributed by atoms with Crippen molar-refractivity contribution in [3.05, 3.63) is 36.2 Å². The Morgan fingerprint density at radius 2 is 2.07 bits per heavy atom. The summed E-state index contributed by atoms with van der Waals surface area (Å²) in [6, 6.07) is 5.02. The maximum atomic E-state index is 13.3. The largest absolute Gasteiger partial charge is 0.392 e. The lowest BCUT2D eigenvalue weighted by Gasteiger charge is -2.20. The minimum absolute atomic E-state index is 0.129. The molecule has 29 heavy (non-hydrogen) atoms. The Hall–Kier alpha value is -2.07. The summed E-state index contributed by atoms with van der Waals surface area (Å²) in [7, 11) is -3.68. The van der Waals surface area contributed by atoms with Gasteiger partial charge in [-0.15, -0.1) is 0 Å². The summed E-state index contributed by atoms with van der Waals surface area (Å²) in [5.74, 6) is -0.129. The third-order valence-corrected chi connectivity index (χ3v) is 7.59. The molecular weight excluding hydrogens is 392 g/mol. The molecular formula is C20H26N4O4S. The molecule has 2 fully saturated rings. The number of rotatable bonds is 5. The number of β-amino-alcohol motifs (C(OH)–C–C–N with tert-alkyl or cyclic N) is 1. The van der Waals surface area contributed by atoms with Crippen LogP contribution in [0, 0.1) is 6.92 Å². The average molecular weight is 419 g/mol. The number of sulfonamides is 1. The molecule has 2 atom stereocenters. The molecule has 9 heteroatoms. The lowest BCUT2D eigenvalue weighted by molar-refractivity contribution is -0.122. The molecule has 1 aromatic carbocycles. The summed E-state index contributed by atoms with van der Waals surface area (Å²) < 4.78 is 28.1. The number of nitrogens with zero attached hydrogens (tertiary/aromatic N) is 3. The van der Waals surface area contributed by atoms with Crippen molar-refractivity contribution >= 4 is 26.7 Å². The number of aromatic nitrogens is 1. The summed E-state index contributed by atoms with van der Waals surface area (Å²) in [6.45, 7) is 3.93. The van der Waals surface area contributed by atoms with E-state index in [1.807, 2.05) is 17.9 Å². The van der Waals surface area contributed by atoms with Gasteiger partial charge < -0.3 is 10.4 Å². The van der Waals surface area contributed by atoms with Gasteiger partial charge in [0.05, 0.1) is 17.5 Å². The van der Waals surface area contributed by atoms with Crippen LogP contribution in [-0.4, -0.2) is 78.5 Å². The Kier molecular flexibility index (Phi) is 5.56. The van der Waals surface area contributed by atoms with E-state index in [-0.39, 0.29) is 36.0 Å². The van der Waals surface area contributed by atoms with Crippen LogP contribution >= 0.6 is 0 Å². The van der Waals surface area contributed by atoms with Crippen LogP contribution in [0.4, 0.5) is 0 Å². The van der Waals surface area contributed by atoms with Crippen molar-refractivity contribution < 1.29 is 18.3 Å². The van der Waals surface area contributed by atoms with Crippen LogP contribution in [-0.2, 0) is 14.8 Å². The van der Waals surface area contributed by atoms with Gasteiger partial charge in [-0.1, -0.05) is 12.1 Å². The van der Waals surface area contributed by atoms with Crippen molar-refractivity contribution in [1.29, 1.82) is 0 Å². The first kappa shape index (κ1) is 20.2. The summed E-state index contributed by atoms with van der Waals surface area (Å²) in [5.41, 5.74) is 0.818. The summed E-state index contributed by atoms with van der Waals surface area (Å²) in [5, 5.41) is 14.0. The lowest BCUT2D eigenvalue weighted by atomic mass is 10.1. The molecule has 2 N–H and O–H groups in total. The number of carbonyl (C=O) groups excluding carboxylic acids is 1. The van der Waals surface area contributed by atoms with E-state index >= 15 is 0 Å². The highest BCUT2D eigenvalue weighted by Crippen LogP contribution is 2.29. The van der Waals surface area contributed by atoms with E-state index in [1.54, 1.807) is 24.5 Å². The standard InChI is InChI=1S/C20H26N4O4S/c1-14-9-21-10-15-3-2-4-18(20(14)15)29(27,28)24-8-5-16(11-24)22-19(26)13-23-7-6-17(25)12-23/h2-4,9-10,16-17,25H,5-8,11-13H2,1H3,(H,22,26)/t16-,17?/m0/s1. The normalized spacial score (nSPS) is 23.7. The van der Waals surface area contributed by atoms with Gasteiger partial charge in [-0.2, -0.15) is 4.31 Å². The Labute approximate surface area is 170 Å². The summed E-state index contributed by atoms with van der Waals surface area (Å²) in [6.07, 6.45) is 4.24. The molecule has 1 amide bonds. The van der Waals surface area contributed by atoms with Gasteiger partial charge in [-0.05, 0) is 31.4 Å². The smallest absolute Gasteiger partial charge is 0.243 e. The maximum Gasteiger partial charge on any atom is 0.243 e. The van der Waals surface area contributed by atoms with Gasteiger partial charge in [-0.3, -0.25) is 14.7 Å². The molecule has 1 aromatic heterocycles. The summed E-state index contributed by atoms with van der Waals surface area (Å²) >= 11 is 0. The van der Waals surface area contributed by atoms with E-state index in [4.69, 9.17) is 0 Å². The number of fused-ring (bicyclic) bond motifs is 1. The number of carbonyl (C=O) groups is 1. The van der Waals surface area contributed by atoms with Gasteiger partial charge in [-0.25, -0.2) is 8.42 Å². The fourth-order valence-electron chi connectivity index (χ4n) is 4.22. The number of hydrogen-bond acceptors (Lipinski definition) is 6. The molecule has 2 aliphatic rings. The van der Waals surface area contributed by atoms with Crippen LogP contribution in [0.2, 0.25) is 0 Å². The first-order valence-corrected chi connectivity index (χ1v) is 11.3. The molecule has 1 unspecified atom stereocenters. The molecule has 0 aliphatic carbocycles. The molecule has 0 saturated carbocycles. The predicted octanol–water partition coefficient (Wildman–Crippen LogP) is 0.489. The minimum atomic E-state index is -3.68. The van der Waals surface area contributed by atoms with Crippen molar-refractivity contribution in [3.8, 4) is 0 Å². The molecule has 2 aliphatic heterocycles. The second kappa shape index (κ2) is 7.98. The van der Waals surface area contributed by atoms with Crippen LogP contribution in [0.25, 0.3) is 10.8 Å². The average Bonchev–Trinajstić information content (AvgIpc) is 3.31. The topological polar surface area (TPSA) is 103 Å². The van der Waals surface area contributed by atoms with Gasteiger partial charge >= 0.3 is 0 Å². The van der Waals surface area contributed by atoms with Crippen molar-refractivity contribution in [2.75, 3.05) is 32.7 Å². The number of aliphatic hydroxyl groups is 1. The van der Waals surface area contributed by atoms with Gasteiger partial charge in [0, 0.05) is 55.4 Å². The van der Waals surface area contributed by atoms with Gasteiger partial charge in [0.15, 0.2) is 0 Å². The van der Waals surface area contributed by atoms with Crippen LogP contribution in [0.1, 0.15) is 18.4 Å².